The summed E-state index contributed by atoms with van der Waals surface area (Å²) in [4.78, 5) is 4.57. The number of aryl methyl sites for hydroxylation is 1. The molecule has 3 rings (SSSR count). The van der Waals surface area contributed by atoms with Crippen molar-refractivity contribution in [2.45, 2.75) is 44.7 Å². The first-order chi connectivity index (χ1) is 9.26. The molecule has 19 heavy (non-hydrogen) atoms. The van der Waals surface area contributed by atoms with E-state index in [1.807, 2.05) is 23.8 Å². The van der Waals surface area contributed by atoms with Crippen LogP contribution in [0.5, 0.6) is 0 Å². The van der Waals surface area contributed by atoms with Gasteiger partial charge in [-0.2, -0.15) is 4.98 Å². The molecule has 102 valence electrons. The van der Waals surface area contributed by atoms with E-state index < -0.39 is 0 Å². The maximum atomic E-state index is 4.57. The summed E-state index contributed by atoms with van der Waals surface area (Å²) >= 11 is 0. The van der Waals surface area contributed by atoms with Crippen LogP contribution in [0, 0.1) is 6.92 Å². The van der Waals surface area contributed by atoms with Crippen LogP contribution in [0.4, 0.5) is 5.95 Å². The molecule has 1 saturated carbocycles. The van der Waals surface area contributed by atoms with Crippen LogP contribution in [0.15, 0.2) is 18.3 Å². The molecule has 1 aliphatic carbocycles. The number of pyridine rings is 1. The Morgan fingerprint density at radius 1 is 1.21 bits per heavy atom. The van der Waals surface area contributed by atoms with Crippen molar-refractivity contribution in [1.29, 1.82) is 0 Å². The second-order valence-electron chi connectivity index (χ2n) is 5.38. The normalized spacial score (nSPS) is 23.7. The van der Waals surface area contributed by atoms with Crippen LogP contribution < -0.4 is 10.6 Å². The molecule has 0 amide bonds. The average Bonchev–Trinajstić information content (AvgIpc) is 2.84. The molecule has 0 saturated heterocycles. The smallest absolute Gasteiger partial charge is 0.243 e. The lowest BCUT2D eigenvalue weighted by Gasteiger charge is -2.28. The summed E-state index contributed by atoms with van der Waals surface area (Å²) in [6.07, 6.45) is 6.75. The third-order valence-electron chi connectivity index (χ3n) is 4.03. The zero-order chi connectivity index (χ0) is 13.2. The number of nitrogens with zero attached hydrogens (tertiary/aromatic N) is 3. The molecular formula is C14H21N5. The lowest BCUT2D eigenvalue weighted by Crippen LogP contribution is -2.35. The van der Waals surface area contributed by atoms with Crippen molar-refractivity contribution in [3.05, 3.63) is 23.9 Å². The van der Waals surface area contributed by atoms with E-state index in [0.29, 0.717) is 12.1 Å². The van der Waals surface area contributed by atoms with Crippen molar-refractivity contribution >= 4 is 11.6 Å². The minimum absolute atomic E-state index is 0.502. The van der Waals surface area contributed by atoms with Crippen LogP contribution in [0.3, 0.4) is 0 Å². The largest absolute Gasteiger partial charge is 0.350 e. The lowest BCUT2D eigenvalue weighted by atomic mass is 9.91. The van der Waals surface area contributed by atoms with Crippen molar-refractivity contribution in [3.8, 4) is 0 Å². The molecule has 0 aliphatic heterocycles. The van der Waals surface area contributed by atoms with Crippen LogP contribution >= 0.6 is 0 Å². The molecule has 0 aromatic carbocycles. The predicted molar refractivity (Wildman–Crippen MR) is 76.5 cm³/mol. The van der Waals surface area contributed by atoms with Crippen molar-refractivity contribution in [1.82, 2.24) is 19.9 Å². The van der Waals surface area contributed by atoms with Crippen molar-refractivity contribution in [3.63, 3.8) is 0 Å². The SMILES string of the molecule is CNC1CCC(Nc2nc3c(C)cccn3n2)CC1. The Kier molecular flexibility index (Phi) is 3.38. The summed E-state index contributed by atoms with van der Waals surface area (Å²) in [6.45, 7) is 2.06. The topological polar surface area (TPSA) is 54.2 Å². The molecule has 1 fully saturated rings. The summed E-state index contributed by atoms with van der Waals surface area (Å²) in [5, 5.41) is 11.3. The molecule has 0 atom stereocenters. The van der Waals surface area contributed by atoms with Gasteiger partial charge in [0.25, 0.3) is 0 Å². The van der Waals surface area contributed by atoms with Gasteiger partial charge in [0.2, 0.25) is 5.95 Å². The Bertz CT molecular complexity index is 554. The van der Waals surface area contributed by atoms with Crippen LogP contribution in [0.25, 0.3) is 5.65 Å². The fourth-order valence-electron chi connectivity index (χ4n) is 2.81. The highest BCUT2D eigenvalue weighted by molar-refractivity contribution is 5.49. The molecule has 1 aliphatic rings. The number of anilines is 1. The number of hydrogen-bond acceptors (Lipinski definition) is 4. The zero-order valence-corrected chi connectivity index (χ0v) is 11.6. The zero-order valence-electron chi connectivity index (χ0n) is 11.6. The van der Waals surface area contributed by atoms with E-state index >= 15 is 0 Å². The fourth-order valence-corrected chi connectivity index (χ4v) is 2.81. The van der Waals surface area contributed by atoms with E-state index in [1.54, 1.807) is 0 Å². The van der Waals surface area contributed by atoms with Crippen LogP contribution in [0.2, 0.25) is 0 Å². The highest BCUT2D eigenvalue weighted by Gasteiger charge is 2.20. The van der Waals surface area contributed by atoms with E-state index in [1.165, 1.54) is 25.7 Å². The lowest BCUT2D eigenvalue weighted by molar-refractivity contribution is 0.370. The van der Waals surface area contributed by atoms with Gasteiger partial charge in [0.05, 0.1) is 0 Å². The highest BCUT2D eigenvalue weighted by Crippen LogP contribution is 2.21. The summed E-state index contributed by atoms with van der Waals surface area (Å²) < 4.78 is 1.84. The van der Waals surface area contributed by atoms with E-state index in [0.717, 1.165) is 17.2 Å². The first-order valence-electron chi connectivity index (χ1n) is 7.02. The van der Waals surface area contributed by atoms with Crippen molar-refractivity contribution in [2.75, 3.05) is 12.4 Å². The van der Waals surface area contributed by atoms with Gasteiger partial charge in [0.15, 0.2) is 5.65 Å². The van der Waals surface area contributed by atoms with Crippen LogP contribution in [-0.2, 0) is 0 Å². The molecular weight excluding hydrogens is 238 g/mol. The van der Waals surface area contributed by atoms with Crippen LogP contribution in [0.1, 0.15) is 31.2 Å². The molecule has 2 N–H and O–H groups in total. The van der Waals surface area contributed by atoms with Crippen LogP contribution in [-0.4, -0.2) is 33.7 Å². The van der Waals surface area contributed by atoms with Gasteiger partial charge in [0, 0.05) is 18.3 Å². The number of nitrogens with one attached hydrogen (secondary N) is 2. The molecule has 0 unspecified atom stereocenters. The number of rotatable bonds is 3. The first-order valence-corrected chi connectivity index (χ1v) is 7.02. The van der Waals surface area contributed by atoms with E-state index in [2.05, 4.69) is 33.7 Å². The van der Waals surface area contributed by atoms with E-state index in [4.69, 9.17) is 0 Å². The molecule has 5 heteroatoms. The first kappa shape index (κ1) is 12.4. The molecule has 2 aromatic rings. The molecule has 5 nitrogen and oxygen atoms in total. The van der Waals surface area contributed by atoms with Gasteiger partial charge in [-0.1, -0.05) is 6.07 Å². The van der Waals surface area contributed by atoms with E-state index in [-0.39, 0.29) is 0 Å². The maximum absolute atomic E-state index is 4.57. The Hall–Kier alpha value is -1.62. The highest BCUT2D eigenvalue weighted by atomic mass is 15.3. The summed E-state index contributed by atoms with van der Waals surface area (Å²) in [6, 6.07) is 5.24. The summed E-state index contributed by atoms with van der Waals surface area (Å²) in [7, 11) is 2.05. The maximum Gasteiger partial charge on any atom is 0.243 e. The van der Waals surface area contributed by atoms with Gasteiger partial charge >= 0.3 is 0 Å². The Balaban J connectivity index is 1.70. The van der Waals surface area contributed by atoms with Gasteiger partial charge in [-0.05, 0) is 51.3 Å². The second-order valence-corrected chi connectivity index (χ2v) is 5.38. The second kappa shape index (κ2) is 5.17. The minimum Gasteiger partial charge on any atom is -0.350 e. The van der Waals surface area contributed by atoms with Gasteiger partial charge in [-0.25, -0.2) is 4.52 Å². The minimum atomic E-state index is 0.502. The summed E-state index contributed by atoms with van der Waals surface area (Å²) in [5.74, 6) is 0.752. The summed E-state index contributed by atoms with van der Waals surface area (Å²) in [5.41, 5.74) is 2.09. The molecule has 0 bridgehead atoms. The third kappa shape index (κ3) is 2.56. The van der Waals surface area contributed by atoms with Gasteiger partial charge in [0.1, 0.15) is 0 Å². The van der Waals surface area contributed by atoms with E-state index in [9.17, 15) is 0 Å². The standard InChI is InChI=1S/C14H21N5/c1-10-4-3-9-19-13(10)17-14(18-19)16-12-7-5-11(15-2)6-8-12/h3-4,9,11-12,15H,5-8H2,1-2H3,(H,16,18). The molecule has 2 aromatic heterocycles. The van der Waals surface area contributed by atoms with Crippen molar-refractivity contribution < 1.29 is 0 Å². The molecule has 0 spiro atoms. The number of fused-ring (bicyclic) bond motifs is 1. The quantitative estimate of drug-likeness (QED) is 0.885. The number of hydrogen-bond donors (Lipinski definition) is 2. The Morgan fingerprint density at radius 2 is 1.95 bits per heavy atom. The Labute approximate surface area is 113 Å². The van der Waals surface area contributed by atoms with Gasteiger partial charge in [-0.15, -0.1) is 5.10 Å². The number of aromatic nitrogens is 3. The molecule has 2 heterocycles. The Morgan fingerprint density at radius 3 is 2.63 bits per heavy atom. The average molecular weight is 259 g/mol. The third-order valence-corrected chi connectivity index (χ3v) is 4.03. The van der Waals surface area contributed by atoms with Crippen molar-refractivity contribution in [2.24, 2.45) is 0 Å². The monoisotopic (exact) mass is 259 g/mol. The fraction of sp³-hybridized carbons (Fsp3) is 0.571. The predicted octanol–water partition coefficient (Wildman–Crippen LogP) is 1.98. The molecule has 0 radical (unpaired) electrons. The van der Waals surface area contributed by atoms with Gasteiger partial charge in [-0.3, -0.25) is 0 Å². The van der Waals surface area contributed by atoms with Gasteiger partial charge < -0.3 is 10.6 Å².